The average Bonchev–Trinajstić information content (AvgIpc) is 1.62. The molecule has 0 aliphatic carbocycles. The van der Waals surface area contributed by atoms with Gasteiger partial charge < -0.3 is 0 Å². The van der Waals surface area contributed by atoms with Crippen molar-refractivity contribution in [3.05, 3.63) is 0 Å². The van der Waals surface area contributed by atoms with E-state index in [1.54, 1.807) is 0 Å². The summed E-state index contributed by atoms with van der Waals surface area (Å²) in [5, 5.41) is 0. The number of carbonyl (C=O) groups excluding carboxylic acids is 1. The van der Waals surface area contributed by atoms with Crippen molar-refractivity contribution in [3.8, 4) is 0 Å². The van der Waals surface area contributed by atoms with Crippen LogP contribution in [-0.2, 0) is 14.6 Å². The van der Waals surface area contributed by atoms with Gasteiger partial charge in [-0.15, -0.1) is 0 Å². The fourth-order valence-corrected chi connectivity index (χ4v) is 0.783. The van der Waals surface area contributed by atoms with E-state index in [0.717, 1.165) is 13.2 Å². The molecule has 0 aromatic carbocycles. The lowest BCUT2D eigenvalue weighted by atomic mass is 10.5. The summed E-state index contributed by atoms with van der Waals surface area (Å²) in [4.78, 5) is 10.6. The Bertz CT molecular complexity index is 243. The number of alkyl halides is 2. The predicted octanol–water partition coefficient (Wildman–Crippen LogP) is 0.948. The molecule has 0 spiro atoms. The Kier molecular flexibility index (Phi) is 3.13. The van der Waals surface area contributed by atoms with Crippen molar-refractivity contribution in [2.75, 3.05) is 6.26 Å². The number of ketones is 1. The fourth-order valence-electron chi connectivity index (χ4n) is 0.261. The van der Waals surface area contributed by atoms with Crippen molar-refractivity contribution in [2.45, 2.75) is 9.14 Å². The predicted molar refractivity (Wildman–Crippen MR) is 48.1 cm³/mol. The third-order valence-electron chi connectivity index (χ3n) is 0.876. The highest BCUT2D eigenvalue weighted by Crippen LogP contribution is 2.31. The lowest BCUT2D eigenvalue weighted by Crippen LogP contribution is -2.31. The second-order valence-electron chi connectivity index (χ2n) is 1.85. The SMILES string of the molecule is CC(=O)[C@@](Cl)(I)S(C)(=O)=O. The van der Waals surface area contributed by atoms with Gasteiger partial charge in [-0.05, 0) is 29.5 Å². The van der Waals surface area contributed by atoms with Crippen LogP contribution >= 0.6 is 34.2 Å². The normalized spacial score (nSPS) is 18.0. The Morgan fingerprint density at radius 3 is 1.90 bits per heavy atom. The van der Waals surface area contributed by atoms with Crippen LogP contribution < -0.4 is 0 Å². The number of carbonyl (C=O) groups is 1. The molecule has 3 nitrogen and oxygen atoms in total. The Balaban J connectivity index is 4.95. The Morgan fingerprint density at radius 1 is 1.60 bits per heavy atom. The minimum atomic E-state index is -3.50. The Labute approximate surface area is 78.2 Å². The van der Waals surface area contributed by atoms with Gasteiger partial charge in [0.25, 0.3) is 2.21 Å². The molecule has 0 rings (SSSR count). The number of halogens is 2. The van der Waals surface area contributed by atoms with E-state index in [1.165, 1.54) is 22.6 Å². The number of rotatable bonds is 2. The van der Waals surface area contributed by atoms with Crippen LogP contribution in [0.25, 0.3) is 0 Å². The summed E-state index contributed by atoms with van der Waals surface area (Å²) in [7, 11) is -3.50. The zero-order chi connectivity index (χ0) is 8.58. The van der Waals surface area contributed by atoms with Gasteiger partial charge in [0, 0.05) is 6.26 Å². The van der Waals surface area contributed by atoms with Gasteiger partial charge in [-0.2, -0.15) is 0 Å². The third-order valence-corrected chi connectivity index (χ3v) is 6.36. The van der Waals surface area contributed by atoms with Crippen LogP contribution in [-0.4, -0.2) is 22.7 Å². The number of Topliss-reactive ketones (excluding diaryl/α,β-unsaturated/α-hetero) is 1. The molecule has 10 heavy (non-hydrogen) atoms. The minimum absolute atomic E-state index is 0.572. The highest BCUT2D eigenvalue weighted by atomic mass is 127. The maximum absolute atomic E-state index is 10.7. The molecular weight excluding hydrogens is 290 g/mol. The highest BCUT2D eigenvalue weighted by molar-refractivity contribution is 14.1. The first-order valence-electron chi connectivity index (χ1n) is 2.28. The van der Waals surface area contributed by atoms with E-state index in [4.69, 9.17) is 11.6 Å². The average molecular weight is 297 g/mol. The summed E-state index contributed by atoms with van der Waals surface area (Å²) in [6.07, 6.45) is 0.924. The van der Waals surface area contributed by atoms with E-state index in [1.807, 2.05) is 0 Å². The largest absolute Gasteiger partial charge is 0.296 e. The number of sulfone groups is 1. The molecule has 0 aliphatic heterocycles. The molecule has 0 N–H and O–H groups in total. The lowest BCUT2D eigenvalue weighted by molar-refractivity contribution is -0.115. The first kappa shape index (κ1) is 10.6. The molecular formula is C4H6ClIO3S. The van der Waals surface area contributed by atoms with Crippen molar-refractivity contribution in [1.82, 2.24) is 0 Å². The van der Waals surface area contributed by atoms with Crippen LogP contribution in [0.5, 0.6) is 0 Å². The molecule has 0 fully saturated rings. The van der Waals surface area contributed by atoms with E-state index in [0.29, 0.717) is 0 Å². The van der Waals surface area contributed by atoms with Gasteiger partial charge in [-0.25, -0.2) is 8.42 Å². The van der Waals surface area contributed by atoms with Crippen LogP contribution in [0.4, 0.5) is 0 Å². The summed E-state index contributed by atoms with van der Waals surface area (Å²) in [6.45, 7) is 1.14. The molecule has 0 saturated carbocycles. The quantitative estimate of drug-likeness (QED) is 0.563. The Morgan fingerprint density at radius 2 is 1.90 bits per heavy atom. The minimum Gasteiger partial charge on any atom is -0.296 e. The molecule has 0 saturated heterocycles. The van der Waals surface area contributed by atoms with Gasteiger partial charge in [-0.3, -0.25) is 4.79 Å². The van der Waals surface area contributed by atoms with E-state index in [-0.39, 0.29) is 0 Å². The molecule has 0 aromatic heterocycles. The van der Waals surface area contributed by atoms with Crippen molar-refractivity contribution >= 4 is 49.8 Å². The first-order chi connectivity index (χ1) is 4.19. The molecule has 0 heterocycles. The van der Waals surface area contributed by atoms with Crippen molar-refractivity contribution in [3.63, 3.8) is 0 Å². The molecule has 1 atom stereocenters. The Hall–Kier alpha value is 0.640. The summed E-state index contributed by atoms with van der Waals surface area (Å²) in [5.74, 6) is -0.572. The second kappa shape index (κ2) is 2.94. The van der Waals surface area contributed by atoms with E-state index in [9.17, 15) is 13.2 Å². The van der Waals surface area contributed by atoms with E-state index >= 15 is 0 Å². The molecule has 0 amide bonds. The van der Waals surface area contributed by atoms with Gasteiger partial charge in [0.05, 0.1) is 0 Å². The summed E-state index contributed by atoms with van der Waals surface area (Å²) >= 11 is 6.80. The molecule has 0 aliphatic rings. The fraction of sp³-hybridized carbons (Fsp3) is 0.750. The van der Waals surface area contributed by atoms with Crippen molar-refractivity contribution < 1.29 is 13.2 Å². The van der Waals surface area contributed by atoms with Crippen LogP contribution in [0.2, 0.25) is 0 Å². The van der Waals surface area contributed by atoms with E-state index < -0.39 is 17.8 Å². The van der Waals surface area contributed by atoms with Crippen LogP contribution in [0.1, 0.15) is 6.92 Å². The molecule has 0 radical (unpaired) electrons. The van der Waals surface area contributed by atoms with Crippen LogP contribution in [0, 0.1) is 0 Å². The number of hydrogen-bond acceptors (Lipinski definition) is 3. The lowest BCUT2D eigenvalue weighted by Gasteiger charge is -2.12. The summed E-state index contributed by atoms with van der Waals surface area (Å²) < 4.78 is 19.7. The maximum Gasteiger partial charge on any atom is 0.252 e. The third kappa shape index (κ3) is 2.06. The molecule has 0 aromatic rings. The summed E-state index contributed by atoms with van der Waals surface area (Å²) in [6, 6.07) is 0. The maximum atomic E-state index is 10.7. The standard InChI is InChI=1S/C4H6ClIO3S/c1-3(7)4(5,6)10(2,8)9/h1-2H3/t4-/m1/s1. The van der Waals surface area contributed by atoms with Gasteiger partial charge in [-0.1, -0.05) is 11.6 Å². The number of hydrogen-bond donors (Lipinski definition) is 0. The molecule has 6 heteroatoms. The zero-order valence-corrected chi connectivity index (χ0v) is 9.12. The topological polar surface area (TPSA) is 51.2 Å². The monoisotopic (exact) mass is 296 g/mol. The van der Waals surface area contributed by atoms with Gasteiger partial charge >= 0.3 is 0 Å². The van der Waals surface area contributed by atoms with Crippen LogP contribution in [0.3, 0.4) is 0 Å². The van der Waals surface area contributed by atoms with Gasteiger partial charge in [0.1, 0.15) is 0 Å². The molecule has 60 valence electrons. The van der Waals surface area contributed by atoms with Crippen molar-refractivity contribution in [2.24, 2.45) is 0 Å². The summed E-state index contributed by atoms with van der Waals surface area (Å²) in [5.41, 5.74) is 0. The van der Waals surface area contributed by atoms with Crippen LogP contribution in [0.15, 0.2) is 0 Å². The van der Waals surface area contributed by atoms with Crippen molar-refractivity contribution in [1.29, 1.82) is 0 Å². The molecule has 0 bridgehead atoms. The molecule has 0 unspecified atom stereocenters. The van der Waals surface area contributed by atoms with Gasteiger partial charge in [0.15, 0.2) is 15.6 Å². The first-order valence-corrected chi connectivity index (χ1v) is 5.63. The second-order valence-corrected chi connectivity index (χ2v) is 7.78. The highest BCUT2D eigenvalue weighted by Gasteiger charge is 2.40. The zero-order valence-electron chi connectivity index (χ0n) is 5.39. The smallest absolute Gasteiger partial charge is 0.252 e. The van der Waals surface area contributed by atoms with E-state index in [2.05, 4.69) is 0 Å². The van der Waals surface area contributed by atoms with Gasteiger partial charge in [0.2, 0.25) is 0 Å².